The number of sulfonamides is 1. The van der Waals surface area contributed by atoms with Crippen molar-refractivity contribution in [2.45, 2.75) is 31.3 Å². The number of benzene rings is 2. The number of fused-ring (bicyclic) bond motifs is 1. The van der Waals surface area contributed by atoms with Crippen molar-refractivity contribution in [3.8, 4) is 0 Å². The van der Waals surface area contributed by atoms with E-state index < -0.39 is 15.9 Å². The van der Waals surface area contributed by atoms with Gasteiger partial charge in [0, 0.05) is 23.5 Å². The molecule has 170 valence electrons. The van der Waals surface area contributed by atoms with Crippen LogP contribution in [0.25, 0.3) is 11.0 Å². The Hall–Kier alpha value is -3.27. The predicted octanol–water partition coefficient (Wildman–Crippen LogP) is 4.40. The maximum atomic E-state index is 12.8. The van der Waals surface area contributed by atoms with Crippen LogP contribution in [-0.4, -0.2) is 29.1 Å². The van der Waals surface area contributed by atoms with Crippen molar-refractivity contribution in [1.82, 2.24) is 19.5 Å². The summed E-state index contributed by atoms with van der Waals surface area (Å²) in [4.78, 5) is 17.0. The Morgan fingerprint density at radius 2 is 1.85 bits per heavy atom. The quantitative estimate of drug-likeness (QED) is 0.405. The first-order valence-corrected chi connectivity index (χ1v) is 12.1. The molecule has 0 aliphatic carbocycles. The highest BCUT2D eigenvalue weighted by Gasteiger charge is 2.20. The number of anilines is 1. The van der Waals surface area contributed by atoms with E-state index in [9.17, 15) is 13.2 Å². The molecule has 33 heavy (non-hydrogen) atoms. The smallest absolute Gasteiger partial charge is 0.255 e. The van der Waals surface area contributed by atoms with E-state index in [2.05, 4.69) is 20.1 Å². The number of pyridine rings is 1. The first kappa shape index (κ1) is 22.9. The zero-order chi connectivity index (χ0) is 23.6. The van der Waals surface area contributed by atoms with E-state index in [1.165, 1.54) is 24.4 Å². The van der Waals surface area contributed by atoms with Crippen LogP contribution in [0.15, 0.2) is 71.9 Å². The summed E-state index contributed by atoms with van der Waals surface area (Å²) in [5.74, 6) is -0.483. The van der Waals surface area contributed by atoms with Gasteiger partial charge >= 0.3 is 0 Å². The minimum Gasteiger partial charge on any atom is -0.321 e. The number of hydrogen-bond acceptors (Lipinski definition) is 5. The minimum absolute atomic E-state index is 0.0243. The summed E-state index contributed by atoms with van der Waals surface area (Å²) in [6.45, 7) is 4.11. The van der Waals surface area contributed by atoms with Crippen LogP contribution in [0.5, 0.6) is 0 Å². The monoisotopic (exact) mass is 483 g/mol. The van der Waals surface area contributed by atoms with Gasteiger partial charge < -0.3 is 5.32 Å². The van der Waals surface area contributed by atoms with E-state index in [1.807, 2.05) is 44.2 Å². The molecule has 0 aliphatic rings. The molecule has 2 heterocycles. The van der Waals surface area contributed by atoms with Crippen LogP contribution in [0.3, 0.4) is 0 Å². The standard InChI is InChI=1S/C23H22ClN5O3S/c1-15(2)29-22-18(13-26-29)10-19(14-25-22)28-23(30)17-8-9-20(24)21(11-17)33(31,32)27-12-16-6-4-3-5-7-16/h3-11,13-15,27H,12H2,1-2H3,(H,28,30). The largest absolute Gasteiger partial charge is 0.321 e. The fourth-order valence-corrected chi connectivity index (χ4v) is 4.83. The van der Waals surface area contributed by atoms with Gasteiger partial charge in [-0.2, -0.15) is 5.10 Å². The van der Waals surface area contributed by atoms with Gasteiger partial charge in [0.2, 0.25) is 10.0 Å². The molecule has 2 N–H and O–H groups in total. The lowest BCUT2D eigenvalue weighted by atomic mass is 10.2. The SMILES string of the molecule is CC(C)n1ncc2cc(NC(=O)c3ccc(Cl)c(S(=O)(=O)NCc4ccccc4)c3)cnc21. The number of aromatic nitrogens is 3. The molecule has 0 bridgehead atoms. The van der Waals surface area contributed by atoms with Crippen molar-refractivity contribution < 1.29 is 13.2 Å². The summed E-state index contributed by atoms with van der Waals surface area (Å²) in [6.07, 6.45) is 3.22. The zero-order valence-corrected chi connectivity index (χ0v) is 19.6. The summed E-state index contributed by atoms with van der Waals surface area (Å²) in [6, 6.07) is 15.1. The average Bonchev–Trinajstić information content (AvgIpc) is 3.22. The van der Waals surface area contributed by atoms with E-state index in [-0.39, 0.29) is 28.1 Å². The molecule has 8 nitrogen and oxygen atoms in total. The molecule has 1 amide bonds. The lowest BCUT2D eigenvalue weighted by molar-refractivity contribution is 0.102. The Labute approximate surface area is 196 Å². The normalized spacial score (nSPS) is 11.8. The third-order valence-electron chi connectivity index (χ3n) is 4.97. The molecule has 0 aliphatic heterocycles. The number of carbonyl (C=O) groups is 1. The molecule has 0 radical (unpaired) electrons. The molecule has 4 aromatic rings. The molecule has 0 unspecified atom stereocenters. The fraction of sp³-hybridized carbons (Fsp3) is 0.174. The van der Waals surface area contributed by atoms with E-state index >= 15 is 0 Å². The highest BCUT2D eigenvalue weighted by Crippen LogP contribution is 2.24. The number of nitrogens with one attached hydrogen (secondary N) is 2. The highest BCUT2D eigenvalue weighted by molar-refractivity contribution is 7.89. The van der Waals surface area contributed by atoms with E-state index in [1.54, 1.807) is 16.9 Å². The van der Waals surface area contributed by atoms with Gasteiger partial charge in [-0.1, -0.05) is 41.9 Å². The number of hydrogen-bond donors (Lipinski definition) is 2. The van der Waals surface area contributed by atoms with Crippen molar-refractivity contribution in [3.05, 3.63) is 83.1 Å². The third kappa shape index (κ3) is 5.05. The number of nitrogens with zero attached hydrogens (tertiary/aromatic N) is 3. The second-order valence-corrected chi connectivity index (χ2v) is 9.87. The van der Waals surface area contributed by atoms with Gasteiger partial charge in [0.15, 0.2) is 5.65 Å². The highest BCUT2D eigenvalue weighted by atomic mass is 35.5. The predicted molar refractivity (Wildman–Crippen MR) is 128 cm³/mol. The molecule has 0 fully saturated rings. The second kappa shape index (κ2) is 9.30. The Morgan fingerprint density at radius 1 is 1.09 bits per heavy atom. The third-order valence-corrected chi connectivity index (χ3v) is 6.86. The minimum atomic E-state index is -3.94. The van der Waals surface area contributed by atoms with Crippen LogP contribution in [-0.2, 0) is 16.6 Å². The Bertz CT molecular complexity index is 1420. The Kier molecular flexibility index (Phi) is 6.46. The van der Waals surface area contributed by atoms with Crippen LogP contribution in [0.4, 0.5) is 5.69 Å². The van der Waals surface area contributed by atoms with Gasteiger partial charge in [-0.05, 0) is 43.7 Å². The molecule has 0 spiro atoms. The molecule has 0 atom stereocenters. The first-order valence-electron chi connectivity index (χ1n) is 10.2. The summed E-state index contributed by atoms with van der Waals surface area (Å²) in [7, 11) is -3.94. The summed E-state index contributed by atoms with van der Waals surface area (Å²) in [5.41, 5.74) is 2.14. The van der Waals surface area contributed by atoms with Gasteiger partial charge in [0.25, 0.3) is 5.91 Å². The van der Waals surface area contributed by atoms with Gasteiger partial charge in [-0.25, -0.2) is 22.8 Å². The van der Waals surface area contributed by atoms with E-state index in [4.69, 9.17) is 11.6 Å². The second-order valence-electron chi connectivity index (χ2n) is 7.73. The Balaban J connectivity index is 1.54. The van der Waals surface area contributed by atoms with Crippen LogP contribution < -0.4 is 10.0 Å². The molecular weight excluding hydrogens is 462 g/mol. The Morgan fingerprint density at radius 3 is 2.58 bits per heavy atom. The number of halogens is 1. The first-order chi connectivity index (χ1) is 15.7. The molecule has 4 rings (SSSR count). The molecular formula is C23H22ClN5O3S. The summed E-state index contributed by atoms with van der Waals surface area (Å²) in [5, 5.41) is 7.87. The molecule has 2 aromatic carbocycles. The lowest BCUT2D eigenvalue weighted by Crippen LogP contribution is -2.24. The van der Waals surface area contributed by atoms with Crippen LogP contribution in [0, 0.1) is 0 Å². The summed E-state index contributed by atoms with van der Waals surface area (Å²) < 4.78 is 29.9. The van der Waals surface area contributed by atoms with Gasteiger partial charge in [-0.15, -0.1) is 0 Å². The van der Waals surface area contributed by atoms with Crippen molar-refractivity contribution in [2.75, 3.05) is 5.32 Å². The van der Waals surface area contributed by atoms with Crippen molar-refractivity contribution in [1.29, 1.82) is 0 Å². The van der Waals surface area contributed by atoms with E-state index in [0.29, 0.717) is 11.3 Å². The maximum Gasteiger partial charge on any atom is 0.255 e. The number of rotatable bonds is 7. The topological polar surface area (TPSA) is 106 Å². The van der Waals surface area contributed by atoms with Crippen molar-refractivity contribution in [3.63, 3.8) is 0 Å². The molecule has 0 saturated carbocycles. The molecule has 2 aromatic heterocycles. The number of amides is 1. The van der Waals surface area contributed by atoms with Gasteiger partial charge in [0.1, 0.15) is 4.90 Å². The van der Waals surface area contributed by atoms with Gasteiger partial charge in [-0.3, -0.25) is 4.79 Å². The van der Waals surface area contributed by atoms with Crippen LogP contribution >= 0.6 is 11.6 Å². The van der Waals surface area contributed by atoms with Crippen LogP contribution in [0.2, 0.25) is 5.02 Å². The molecule has 10 heteroatoms. The van der Waals surface area contributed by atoms with Crippen LogP contribution in [0.1, 0.15) is 35.8 Å². The summed E-state index contributed by atoms with van der Waals surface area (Å²) >= 11 is 6.15. The number of carbonyl (C=O) groups excluding carboxylic acids is 1. The fourth-order valence-electron chi connectivity index (χ4n) is 3.29. The zero-order valence-electron chi connectivity index (χ0n) is 18.0. The van der Waals surface area contributed by atoms with Gasteiger partial charge in [0.05, 0.1) is 23.1 Å². The maximum absolute atomic E-state index is 12.8. The lowest BCUT2D eigenvalue weighted by Gasteiger charge is -2.11. The average molecular weight is 484 g/mol. The van der Waals surface area contributed by atoms with Crippen molar-refractivity contribution >= 4 is 44.3 Å². The van der Waals surface area contributed by atoms with Crippen molar-refractivity contribution in [2.24, 2.45) is 0 Å². The van der Waals surface area contributed by atoms with E-state index in [0.717, 1.165) is 10.9 Å². The molecule has 0 saturated heterocycles.